The van der Waals surface area contributed by atoms with E-state index in [1.54, 1.807) is 0 Å². The molecule has 1 aliphatic rings. The molecule has 0 aliphatic carbocycles. The minimum absolute atomic E-state index is 0.0208. The molecular weight excluding hydrogens is 410 g/mol. The smallest absolute Gasteiger partial charge is 0.254 e. The number of amides is 1. The van der Waals surface area contributed by atoms with Crippen LogP contribution in [0.3, 0.4) is 0 Å². The van der Waals surface area contributed by atoms with E-state index < -0.39 is 0 Å². The highest BCUT2D eigenvalue weighted by Gasteiger charge is 2.34. The monoisotopic (exact) mass is 437 g/mol. The molecule has 0 N–H and O–H groups in total. The fraction of sp³-hybridized carbons (Fsp3) is 0.250. The Labute approximate surface area is 194 Å². The first-order chi connectivity index (χ1) is 16.2. The summed E-state index contributed by atoms with van der Waals surface area (Å²) < 4.78 is 6.05. The summed E-state index contributed by atoms with van der Waals surface area (Å²) in [6.45, 7) is 2.86. The van der Waals surface area contributed by atoms with Crippen molar-refractivity contribution in [3.05, 3.63) is 95.9 Å². The Hall–Kier alpha value is -3.73. The summed E-state index contributed by atoms with van der Waals surface area (Å²) in [6.07, 6.45) is 3.87. The first kappa shape index (κ1) is 21.1. The molecule has 33 heavy (non-hydrogen) atoms. The molecule has 0 spiro atoms. The van der Waals surface area contributed by atoms with E-state index in [0.717, 1.165) is 42.4 Å². The first-order valence-corrected chi connectivity index (χ1v) is 11.6. The van der Waals surface area contributed by atoms with Gasteiger partial charge in [0.1, 0.15) is 6.04 Å². The van der Waals surface area contributed by atoms with E-state index in [1.165, 1.54) is 5.56 Å². The van der Waals surface area contributed by atoms with Gasteiger partial charge in [0.15, 0.2) is 0 Å². The second kappa shape index (κ2) is 9.41. The summed E-state index contributed by atoms with van der Waals surface area (Å²) in [5, 5.41) is 8.59. The van der Waals surface area contributed by atoms with Crippen molar-refractivity contribution < 1.29 is 9.21 Å². The van der Waals surface area contributed by atoms with Gasteiger partial charge in [-0.2, -0.15) is 0 Å². The topological polar surface area (TPSA) is 59.2 Å². The highest BCUT2D eigenvalue weighted by molar-refractivity contribution is 5.94. The van der Waals surface area contributed by atoms with Crippen LogP contribution < -0.4 is 0 Å². The molecule has 1 amide bonds. The predicted octanol–water partition coefficient (Wildman–Crippen LogP) is 6.33. The van der Waals surface area contributed by atoms with Crippen LogP contribution in [0.2, 0.25) is 0 Å². The van der Waals surface area contributed by atoms with Crippen molar-refractivity contribution in [3.63, 3.8) is 0 Å². The van der Waals surface area contributed by atoms with E-state index in [9.17, 15) is 4.79 Å². The normalized spacial score (nSPS) is 15.7. The van der Waals surface area contributed by atoms with Gasteiger partial charge < -0.3 is 9.32 Å². The van der Waals surface area contributed by atoms with Gasteiger partial charge in [-0.25, -0.2) is 0 Å². The summed E-state index contributed by atoms with van der Waals surface area (Å²) >= 11 is 0. The molecule has 2 heterocycles. The molecule has 1 fully saturated rings. The number of hydrogen-bond acceptors (Lipinski definition) is 4. The summed E-state index contributed by atoms with van der Waals surface area (Å²) in [6, 6.07) is 26.1. The summed E-state index contributed by atoms with van der Waals surface area (Å²) in [4.78, 5) is 15.1. The third kappa shape index (κ3) is 4.44. The molecule has 1 atom stereocenters. The lowest BCUT2D eigenvalue weighted by Crippen LogP contribution is -2.30. The van der Waals surface area contributed by atoms with Gasteiger partial charge in [0.25, 0.3) is 5.91 Å². The molecule has 0 bridgehead atoms. The first-order valence-electron chi connectivity index (χ1n) is 11.6. The minimum Gasteiger partial charge on any atom is -0.418 e. The third-order valence-corrected chi connectivity index (χ3v) is 6.22. The van der Waals surface area contributed by atoms with E-state index >= 15 is 0 Å². The summed E-state index contributed by atoms with van der Waals surface area (Å²) in [5.41, 5.74) is 5.13. The zero-order valence-corrected chi connectivity index (χ0v) is 18.8. The van der Waals surface area contributed by atoms with Crippen LogP contribution in [0.4, 0.5) is 0 Å². The number of carbonyl (C=O) groups is 1. The fourth-order valence-electron chi connectivity index (χ4n) is 4.46. The van der Waals surface area contributed by atoms with Crippen LogP contribution in [-0.2, 0) is 6.42 Å². The SMILES string of the molecule is CCCc1ccc(C(=O)N2CCCC2c2nnc(-c3ccc(-c4ccccc4)cc3)o2)cc1. The van der Waals surface area contributed by atoms with Crippen molar-refractivity contribution in [2.75, 3.05) is 6.54 Å². The molecular formula is C28H27N3O2. The van der Waals surface area contributed by atoms with Crippen LogP contribution in [0.1, 0.15) is 54.0 Å². The summed E-state index contributed by atoms with van der Waals surface area (Å²) in [5.74, 6) is 1.01. The van der Waals surface area contributed by atoms with E-state index in [0.29, 0.717) is 23.9 Å². The number of aryl methyl sites for hydroxylation is 1. The van der Waals surface area contributed by atoms with E-state index in [4.69, 9.17) is 4.42 Å². The van der Waals surface area contributed by atoms with Gasteiger partial charge in [-0.05, 0) is 60.2 Å². The van der Waals surface area contributed by atoms with Gasteiger partial charge in [-0.3, -0.25) is 4.79 Å². The second-order valence-corrected chi connectivity index (χ2v) is 8.49. The lowest BCUT2D eigenvalue weighted by atomic mass is 10.0. The Kier molecular flexibility index (Phi) is 6.03. The molecule has 0 radical (unpaired) electrons. The van der Waals surface area contributed by atoms with Gasteiger partial charge in [-0.15, -0.1) is 10.2 Å². The van der Waals surface area contributed by atoms with Gasteiger partial charge in [0.05, 0.1) is 0 Å². The Balaban J connectivity index is 1.33. The number of nitrogens with zero attached hydrogens (tertiary/aromatic N) is 3. The molecule has 1 unspecified atom stereocenters. The number of carbonyl (C=O) groups excluding carboxylic acids is 1. The van der Waals surface area contributed by atoms with Crippen LogP contribution in [-0.4, -0.2) is 27.5 Å². The third-order valence-electron chi connectivity index (χ3n) is 6.22. The van der Waals surface area contributed by atoms with Gasteiger partial charge in [0, 0.05) is 17.7 Å². The Morgan fingerprint density at radius 3 is 2.33 bits per heavy atom. The summed E-state index contributed by atoms with van der Waals surface area (Å²) in [7, 11) is 0. The average molecular weight is 438 g/mol. The van der Waals surface area contributed by atoms with Crippen molar-refractivity contribution in [1.29, 1.82) is 0 Å². The van der Waals surface area contributed by atoms with E-state index in [-0.39, 0.29) is 11.9 Å². The maximum atomic E-state index is 13.2. The van der Waals surface area contributed by atoms with Gasteiger partial charge in [0.2, 0.25) is 11.8 Å². The molecule has 3 aromatic carbocycles. The number of aromatic nitrogens is 2. The molecule has 5 heteroatoms. The van der Waals surface area contributed by atoms with Gasteiger partial charge in [-0.1, -0.05) is 67.9 Å². The van der Waals surface area contributed by atoms with Crippen molar-refractivity contribution in [3.8, 4) is 22.6 Å². The minimum atomic E-state index is -0.183. The van der Waals surface area contributed by atoms with Crippen molar-refractivity contribution in [2.45, 2.75) is 38.6 Å². The van der Waals surface area contributed by atoms with Crippen LogP contribution in [0.15, 0.2) is 83.3 Å². The predicted molar refractivity (Wildman–Crippen MR) is 129 cm³/mol. The lowest BCUT2D eigenvalue weighted by molar-refractivity contribution is 0.0716. The molecule has 5 nitrogen and oxygen atoms in total. The highest BCUT2D eigenvalue weighted by atomic mass is 16.4. The number of hydrogen-bond donors (Lipinski definition) is 0. The second-order valence-electron chi connectivity index (χ2n) is 8.49. The Bertz CT molecular complexity index is 1210. The number of likely N-dealkylation sites (tertiary alicyclic amines) is 1. The Morgan fingerprint density at radius 1 is 0.909 bits per heavy atom. The molecule has 0 saturated carbocycles. The quantitative estimate of drug-likeness (QED) is 0.353. The van der Waals surface area contributed by atoms with Crippen molar-refractivity contribution >= 4 is 5.91 Å². The van der Waals surface area contributed by atoms with Gasteiger partial charge >= 0.3 is 0 Å². The van der Waals surface area contributed by atoms with Crippen LogP contribution in [0.25, 0.3) is 22.6 Å². The highest BCUT2D eigenvalue weighted by Crippen LogP contribution is 2.34. The molecule has 5 rings (SSSR count). The molecule has 166 valence electrons. The number of rotatable bonds is 6. The zero-order chi connectivity index (χ0) is 22.6. The van der Waals surface area contributed by atoms with Crippen molar-refractivity contribution in [1.82, 2.24) is 15.1 Å². The molecule has 4 aromatic rings. The van der Waals surface area contributed by atoms with E-state index in [2.05, 4.69) is 41.4 Å². The van der Waals surface area contributed by atoms with Crippen LogP contribution in [0, 0.1) is 0 Å². The molecule has 1 saturated heterocycles. The average Bonchev–Trinajstić information content (AvgIpc) is 3.55. The maximum absolute atomic E-state index is 13.2. The number of benzene rings is 3. The van der Waals surface area contributed by atoms with E-state index in [1.807, 2.05) is 59.5 Å². The van der Waals surface area contributed by atoms with Crippen LogP contribution >= 0.6 is 0 Å². The van der Waals surface area contributed by atoms with Crippen LogP contribution in [0.5, 0.6) is 0 Å². The fourth-order valence-corrected chi connectivity index (χ4v) is 4.46. The maximum Gasteiger partial charge on any atom is 0.254 e. The van der Waals surface area contributed by atoms with Crippen molar-refractivity contribution in [2.24, 2.45) is 0 Å². The Morgan fingerprint density at radius 2 is 1.61 bits per heavy atom. The molecule has 1 aliphatic heterocycles. The largest absolute Gasteiger partial charge is 0.418 e. The lowest BCUT2D eigenvalue weighted by Gasteiger charge is -2.22. The molecule has 1 aromatic heterocycles. The zero-order valence-electron chi connectivity index (χ0n) is 18.8. The standard InChI is InChI=1S/C28H27N3O2/c1-2-7-20-11-13-24(14-12-20)28(32)31-19-6-10-25(31)27-30-29-26(33-27)23-17-15-22(16-18-23)21-8-4-3-5-9-21/h3-5,8-9,11-18,25H,2,6-7,10,19H2,1H3.